The van der Waals surface area contributed by atoms with Crippen molar-refractivity contribution in [3.63, 3.8) is 0 Å². The van der Waals surface area contributed by atoms with Crippen LogP contribution in [0.25, 0.3) is 0 Å². The summed E-state index contributed by atoms with van der Waals surface area (Å²) in [6, 6.07) is 0. The van der Waals surface area contributed by atoms with Crippen molar-refractivity contribution in [2.45, 2.75) is 103 Å². The van der Waals surface area contributed by atoms with E-state index in [9.17, 15) is 8.42 Å². The smallest absolute Gasteiger partial charge is 0.269 e. The van der Waals surface area contributed by atoms with Crippen LogP contribution in [0.15, 0.2) is 24.3 Å². The first-order valence-corrected chi connectivity index (χ1v) is 12.1. The lowest BCUT2D eigenvalue weighted by molar-refractivity contribution is 0.288. The molecule has 1 aliphatic rings. The fourth-order valence-electron chi connectivity index (χ4n) is 3.37. The molecule has 0 N–H and O–H groups in total. The number of unbranched alkanes of at least 4 members (excludes halogenated alkanes) is 11. The molecule has 0 aromatic carbocycles. The maximum absolute atomic E-state index is 12.5. The third-order valence-corrected chi connectivity index (χ3v) is 7.68. The molecule has 1 aliphatic carbocycles. The molecule has 4 heteroatoms. The highest BCUT2D eigenvalue weighted by molar-refractivity contribution is 7.88. The molecule has 0 saturated carbocycles. The lowest BCUT2D eigenvalue weighted by Gasteiger charge is -2.31. The SMILES string of the molecule is CCCCCCCCCCCCCCOS(=O)(=O)C1(C)C=CC=CC1C. The normalized spacial score (nSPS) is 22.8. The van der Waals surface area contributed by atoms with E-state index in [1.807, 2.05) is 19.1 Å². The van der Waals surface area contributed by atoms with Crippen molar-refractivity contribution in [3.05, 3.63) is 24.3 Å². The molecule has 0 aromatic heterocycles. The fraction of sp³-hybridized carbons (Fsp3) is 0.818. The Hall–Kier alpha value is -0.610. The zero-order valence-electron chi connectivity index (χ0n) is 17.2. The summed E-state index contributed by atoms with van der Waals surface area (Å²) in [6.45, 7) is 6.23. The molecule has 3 nitrogen and oxygen atoms in total. The number of rotatable bonds is 15. The number of hydrogen-bond acceptors (Lipinski definition) is 3. The van der Waals surface area contributed by atoms with Gasteiger partial charge in [-0.05, 0) is 19.3 Å². The molecule has 2 atom stereocenters. The number of allylic oxidation sites excluding steroid dienone is 3. The molecule has 1 rings (SSSR count). The van der Waals surface area contributed by atoms with Crippen molar-refractivity contribution in [1.29, 1.82) is 0 Å². The Kier molecular flexibility index (Phi) is 11.5. The Balaban J connectivity index is 2.03. The van der Waals surface area contributed by atoms with Crippen molar-refractivity contribution in [3.8, 4) is 0 Å². The van der Waals surface area contributed by atoms with Gasteiger partial charge < -0.3 is 0 Å². The van der Waals surface area contributed by atoms with Gasteiger partial charge in [0.2, 0.25) is 0 Å². The lowest BCUT2D eigenvalue weighted by Crippen LogP contribution is -2.41. The third kappa shape index (κ3) is 7.96. The van der Waals surface area contributed by atoms with Gasteiger partial charge in [-0.15, -0.1) is 0 Å². The first-order valence-electron chi connectivity index (χ1n) is 10.7. The van der Waals surface area contributed by atoms with Crippen molar-refractivity contribution < 1.29 is 12.6 Å². The summed E-state index contributed by atoms with van der Waals surface area (Å²) in [4.78, 5) is 0. The van der Waals surface area contributed by atoms with Gasteiger partial charge in [0.1, 0.15) is 4.75 Å². The predicted molar refractivity (Wildman–Crippen MR) is 112 cm³/mol. The molecule has 0 spiro atoms. The standard InChI is InChI=1S/C22H40O3S/c1-4-5-6-7-8-9-10-11-12-13-14-17-20-25-26(23,24)22(3)19-16-15-18-21(22)2/h15-16,18-19,21H,4-14,17,20H2,1-3H3. The van der Waals surface area contributed by atoms with Crippen LogP contribution in [0, 0.1) is 5.92 Å². The van der Waals surface area contributed by atoms with E-state index in [1.165, 1.54) is 64.2 Å². The van der Waals surface area contributed by atoms with Crippen molar-refractivity contribution in [2.24, 2.45) is 5.92 Å². The number of hydrogen-bond donors (Lipinski definition) is 0. The van der Waals surface area contributed by atoms with Crippen LogP contribution in [-0.2, 0) is 14.3 Å². The van der Waals surface area contributed by atoms with Gasteiger partial charge in [0.05, 0.1) is 6.61 Å². The summed E-state index contributed by atoms with van der Waals surface area (Å²) in [6.07, 6.45) is 22.5. The summed E-state index contributed by atoms with van der Waals surface area (Å²) < 4.78 is 29.4. The molecule has 0 aliphatic heterocycles. The predicted octanol–water partition coefficient (Wildman–Crippen LogP) is 6.55. The van der Waals surface area contributed by atoms with Crippen LogP contribution in [0.2, 0.25) is 0 Å². The van der Waals surface area contributed by atoms with Crippen LogP contribution in [0.5, 0.6) is 0 Å². The van der Waals surface area contributed by atoms with Crippen LogP contribution in [0.1, 0.15) is 97.8 Å². The van der Waals surface area contributed by atoms with Crippen LogP contribution in [0.4, 0.5) is 0 Å². The first kappa shape index (κ1) is 23.4. The minimum Gasteiger partial charge on any atom is -0.269 e. The molecular weight excluding hydrogens is 344 g/mol. The molecule has 0 heterocycles. The van der Waals surface area contributed by atoms with Gasteiger partial charge in [-0.25, -0.2) is 0 Å². The molecule has 0 saturated heterocycles. The Bertz CT molecular complexity index is 522. The van der Waals surface area contributed by atoms with E-state index in [2.05, 4.69) is 6.92 Å². The van der Waals surface area contributed by atoms with Crippen LogP contribution < -0.4 is 0 Å². The van der Waals surface area contributed by atoms with Gasteiger partial charge in [0.15, 0.2) is 0 Å². The zero-order chi connectivity index (χ0) is 19.3. The van der Waals surface area contributed by atoms with Gasteiger partial charge >= 0.3 is 0 Å². The van der Waals surface area contributed by atoms with E-state index >= 15 is 0 Å². The van der Waals surface area contributed by atoms with Gasteiger partial charge in [0, 0.05) is 0 Å². The molecule has 26 heavy (non-hydrogen) atoms. The van der Waals surface area contributed by atoms with E-state index in [1.54, 1.807) is 19.1 Å². The van der Waals surface area contributed by atoms with E-state index < -0.39 is 14.9 Å². The summed E-state index contributed by atoms with van der Waals surface area (Å²) in [5, 5.41) is 0. The lowest BCUT2D eigenvalue weighted by atomic mass is 9.91. The second kappa shape index (κ2) is 12.7. The zero-order valence-corrected chi connectivity index (χ0v) is 18.0. The largest absolute Gasteiger partial charge is 0.277 e. The average molecular weight is 385 g/mol. The van der Waals surface area contributed by atoms with E-state index in [4.69, 9.17) is 4.18 Å². The molecule has 152 valence electrons. The molecule has 0 fully saturated rings. The molecular formula is C22H40O3S. The van der Waals surface area contributed by atoms with Crippen LogP contribution in [0.3, 0.4) is 0 Å². The highest BCUT2D eigenvalue weighted by Crippen LogP contribution is 2.33. The minimum atomic E-state index is -3.58. The summed E-state index contributed by atoms with van der Waals surface area (Å²) in [7, 11) is -3.58. The van der Waals surface area contributed by atoms with E-state index in [-0.39, 0.29) is 5.92 Å². The first-order chi connectivity index (χ1) is 12.4. The van der Waals surface area contributed by atoms with E-state index in [0.29, 0.717) is 6.61 Å². The van der Waals surface area contributed by atoms with Crippen LogP contribution in [-0.4, -0.2) is 19.8 Å². The highest BCUT2D eigenvalue weighted by atomic mass is 32.2. The second-order valence-corrected chi connectivity index (χ2v) is 9.91. The second-order valence-electron chi connectivity index (χ2n) is 7.88. The van der Waals surface area contributed by atoms with Gasteiger partial charge in [-0.3, -0.25) is 4.18 Å². The van der Waals surface area contributed by atoms with Crippen molar-refractivity contribution in [2.75, 3.05) is 6.61 Å². The molecule has 0 aromatic rings. The van der Waals surface area contributed by atoms with Crippen molar-refractivity contribution >= 4 is 10.1 Å². The maximum Gasteiger partial charge on any atom is 0.277 e. The Morgan fingerprint density at radius 3 is 1.85 bits per heavy atom. The quantitative estimate of drug-likeness (QED) is 0.237. The molecule has 0 radical (unpaired) electrons. The summed E-state index contributed by atoms with van der Waals surface area (Å²) in [5.41, 5.74) is 0. The maximum atomic E-state index is 12.5. The summed E-state index contributed by atoms with van der Waals surface area (Å²) >= 11 is 0. The third-order valence-electron chi connectivity index (χ3n) is 5.62. The van der Waals surface area contributed by atoms with Crippen molar-refractivity contribution in [1.82, 2.24) is 0 Å². The highest BCUT2D eigenvalue weighted by Gasteiger charge is 2.42. The van der Waals surface area contributed by atoms with Gasteiger partial charge in [-0.1, -0.05) is 109 Å². The molecule has 0 bridgehead atoms. The monoisotopic (exact) mass is 384 g/mol. The Morgan fingerprint density at radius 2 is 1.35 bits per heavy atom. The summed E-state index contributed by atoms with van der Waals surface area (Å²) in [5.74, 6) is -0.0699. The Labute approximate surface area is 162 Å². The Morgan fingerprint density at radius 1 is 0.846 bits per heavy atom. The van der Waals surface area contributed by atoms with Gasteiger partial charge in [-0.2, -0.15) is 8.42 Å². The minimum absolute atomic E-state index is 0.0699. The molecule has 2 unspecified atom stereocenters. The fourth-order valence-corrected chi connectivity index (χ4v) is 4.74. The van der Waals surface area contributed by atoms with E-state index in [0.717, 1.165) is 12.8 Å². The topological polar surface area (TPSA) is 43.4 Å². The van der Waals surface area contributed by atoms with Crippen LogP contribution >= 0.6 is 0 Å². The average Bonchev–Trinajstić information content (AvgIpc) is 2.61. The molecule has 0 amide bonds. The van der Waals surface area contributed by atoms with Gasteiger partial charge in [0.25, 0.3) is 10.1 Å².